The van der Waals surface area contributed by atoms with E-state index in [0.717, 1.165) is 19.3 Å². The van der Waals surface area contributed by atoms with Gasteiger partial charge in [0.2, 0.25) is 0 Å². The molecule has 1 amide bonds. The Morgan fingerprint density at radius 2 is 1.85 bits per heavy atom. The van der Waals surface area contributed by atoms with Crippen molar-refractivity contribution in [3.05, 3.63) is 35.9 Å². The molecule has 0 saturated heterocycles. The van der Waals surface area contributed by atoms with Crippen molar-refractivity contribution in [2.45, 2.75) is 33.1 Å². The van der Waals surface area contributed by atoms with Gasteiger partial charge in [-0.15, -0.1) is 0 Å². The summed E-state index contributed by atoms with van der Waals surface area (Å²) in [4.78, 5) is 25.1. The molecule has 0 spiro atoms. The summed E-state index contributed by atoms with van der Waals surface area (Å²) in [7, 11) is 0. The molecule has 0 saturated carbocycles. The number of benzene rings is 1. The number of hydrogen-bond donors (Lipinski definition) is 1. The number of unbranched alkanes of at least 4 members (excludes halogenated alkanes) is 2. The molecule has 1 atom stereocenters. The summed E-state index contributed by atoms with van der Waals surface area (Å²) in [5.41, 5.74) is 0.613. The van der Waals surface area contributed by atoms with E-state index in [1.165, 1.54) is 0 Å². The number of hydrogen-bond acceptors (Lipinski definition) is 2. The van der Waals surface area contributed by atoms with Gasteiger partial charge in [-0.1, -0.05) is 44.9 Å². The largest absolute Gasteiger partial charge is 0.481 e. The maximum Gasteiger partial charge on any atom is 0.308 e. The van der Waals surface area contributed by atoms with Crippen LogP contribution in [0.15, 0.2) is 30.3 Å². The Balaban J connectivity index is 2.75. The van der Waals surface area contributed by atoms with Crippen LogP contribution in [-0.2, 0) is 4.79 Å². The molecule has 0 aliphatic carbocycles. The summed E-state index contributed by atoms with van der Waals surface area (Å²) in [6.07, 6.45) is 3.02. The predicted molar refractivity (Wildman–Crippen MR) is 78.7 cm³/mol. The van der Waals surface area contributed by atoms with Crippen molar-refractivity contribution < 1.29 is 14.7 Å². The summed E-state index contributed by atoms with van der Waals surface area (Å²) < 4.78 is 0. The Morgan fingerprint density at radius 3 is 2.40 bits per heavy atom. The van der Waals surface area contributed by atoms with Crippen molar-refractivity contribution in [2.75, 3.05) is 13.1 Å². The van der Waals surface area contributed by atoms with Crippen molar-refractivity contribution in [3.8, 4) is 0 Å². The molecule has 1 aromatic carbocycles. The topological polar surface area (TPSA) is 57.6 Å². The van der Waals surface area contributed by atoms with Crippen molar-refractivity contribution in [1.29, 1.82) is 0 Å². The molecule has 0 heterocycles. The molecular formula is C16H23NO3. The van der Waals surface area contributed by atoms with Gasteiger partial charge in [-0.05, 0) is 18.6 Å². The summed E-state index contributed by atoms with van der Waals surface area (Å²) in [6.45, 7) is 4.60. The Bertz CT molecular complexity index is 431. The van der Waals surface area contributed by atoms with Gasteiger partial charge in [0.15, 0.2) is 0 Å². The molecule has 0 fully saturated rings. The highest BCUT2D eigenvalue weighted by Crippen LogP contribution is 2.10. The van der Waals surface area contributed by atoms with Crippen LogP contribution in [0.5, 0.6) is 0 Å². The summed E-state index contributed by atoms with van der Waals surface area (Å²) >= 11 is 0. The molecule has 0 aliphatic rings. The molecule has 1 N–H and O–H groups in total. The third-order valence-corrected chi connectivity index (χ3v) is 3.26. The minimum atomic E-state index is -0.869. The highest BCUT2D eigenvalue weighted by atomic mass is 16.4. The van der Waals surface area contributed by atoms with Crippen molar-refractivity contribution in [1.82, 2.24) is 4.90 Å². The lowest BCUT2D eigenvalue weighted by Gasteiger charge is -2.24. The molecule has 110 valence electrons. The minimum absolute atomic E-state index is 0.0881. The second kappa shape index (κ2) is 8.35. The molecule has 0 bridgehead atoms. The lowest BCUT2D eigenvalue weighted by molar-refractivity contribution is -0.141. The molecule has 0 aromatic heterocycles. The average molecular weight is 277 g/mol. The highest BCUT2D eigenvalue weighted by molar-refractivity contribution is 5.94. The number of carboxylic acid groups (broad SMARTS) is 1. The van der Waals surface area contributed by atoms with Crippen molar-refractivity contribution >= 4 is 11.9 Å². The van der Waals surface area contributed by atoms with Crippen LogP contribution < -0.4 is 0 Å². The van der Waals surface area contributed by atoms with Crippen LogP contribution in [0.25, 0.3) is 0 Å². The maximum absolute atomic E-state index is 12.4. The van der Waals surface area contributed by atoms with E-state index in [1.54, 1.807) is 24.0 Å². The molecular weight excluding hydrogens is 254 g/mol. The smallest absolute Gasteiger partial charge is 0.308 e. The van der Waals surface area contributed by atoms with Crippen molar-refractivity contribution in [2.24, 2.45) is 5.92 Å². The zero-order chi connectivity index (χ0) is 15.0. The third kappa shape index (κ3) is 5.03. The van der Waals surface area contributed by atoms with E-state index in [4.69, 9.17) is 5.11 Å². The molecule has 0 radical (unpaired) electrons. The Hall–Kier alpha value is -1.84. The highest BCUT2D eigenvalue weighted by Gasteiger charge is 2.21. The Labute approximate surface area is 120 Å². The van der Waals surface area contributed by atoms with Crippen LogP contribution in [0, 0.1) is 5.92 Å². The Kier molecular flexibility index (Phi) is 6.77. The average Bonchev–Trinajstić information content (AvgIpc) is 2.46. The van der Waals surface area contributed by atoms with Crippen LogP contribution in [0.1, 0.15) is 43.5 Å². The lowest BCUT2D eigenvalue weighted by atomic mass is 10.1. The monoisotopic (exact) mass is 277 g/mol. The van der Waals surface area contributed by atoms with Gasteiger partial charge in [0.25, 0.3) is 5.91 Å². The first-order chi connectivity index (χ1) is 9.56. The molecule has 0 aliphatic heterocycles. The van der Waals surface area contributed by atoms with Gasteiger partial charge in [-0.3, -0.25) is 9.59 Å². The number of aliphatic carboxylic acids is 1. The molecule has 1 aromatic rings. The number of rotatable bonds is 8. The number of amides is 1. The van der Waals surface area contributed by atoms with Crippen LogP contribution in [0.2, 0.25) is 0 Å². The fourth-order valence-electron chi connectivity index (χ4n) is 2.00. The van der Waals surface area contributed by atoms with Gasteiger partial charge in [0.1, 0.15) is 0 Å². The summed E-state index contributed by atoms with van der Waals surface area (Å²) in [5, 5.41) is 9.02. The van der Waals surface area contributed by atoms with Crippen LogP contribution >= 0.6 is 0 Å². The SMILES string of the molecule is CCCCCN(CC(C)C(=O)O)C(=O)c1ccccc1. The number of nitrogens with zero attached hydrogens (tertiary/aromatic N) is 1. The number of carbonyl (C=O) groups is 2. The zero-order valence-electron chi connectivity index (χ0n) is 12.2. The molecule has 4 heteroatoms. The van der Waals surface area contributed by atoms with E-state index >= 15 is 0 Å². The van der Waals surface area contributed by atoms with Crippen LogP contribution in [0.4, 0.5) is 0 Å². The zero-order valence-corrected chi connectivity index (χ0v) is 12.2. The van der Waals surface area contributed by atoms with Gasteiger partial charge in [-0.2, -0.15) is 0 Å². The first-order valence-corrected chi connectivity index (χ1v) is 7.13. The van der Waals surface area contributed by atoms with Gasteiger partial charge in [-0.25, -0.2) is 0 Å². The summed E-state index contributed by atoms with van der Waals surface area (Å²) in [5.74, 6) is -1.51. The predicted octanol–water partition coefficient (Wildman–Crippen LogP) is 3.04. The first kappa shape index (κ1) is 16.2. The molecule has 4 nitrogen and oxygen atoms in total. The summed E-state index contributed by atoms with van der Waals surface area (Å²) in [6, 6.07) is 9.02. The van der Waals surface area contributed by atoms with Gasteiger partial charge in [0.05, 0.1) is 5.92 Å². The van der Waals surface area contributed by atoms with E-state index in [1.807, 2.05) is 18.2 Å². The van der Waals surface area contributed by atoms with Gasteiger partial charge >= 0.3 is 5.97 Å². The lowest BCUT2D eigenvalue weighted by Crippen LogP contribution is -2.37. The fourth-order valence-corrected chi connectivity index (χ4v) is 2.00. The van der Waals surface area contributed by atoms with Crippen LogP contribution in [0.3, 0.4) is 0 Å². The second-order valence-corrected chi connectivity index (χ2v) is 5.06. The van der Waals surface area contributed by atoms with E-state index < -0.39 is 11.9 Å². The fraction of sp³-hybridized carbons (Fsp3) is 0.500. The standard InChI is InChI=1S/C16H23NO3/c1-3-4-8-11-17(12-13(2)16(19)20)15(18)14-9-6-5-7-10-14/h5-7,9-10,13H,3-4,8,11-12H2,1-2H3,(H,19,20). The number of carboxylic acids is 1. The van der Waals surface area contributed by atoms with E-state index in [-0.39, 0.29) is 12.5 Å². The minimum Gasteiger partial charge on any atom is -0.481 e. The third-order valence-electron chi connectivity index (χ3n) is 3.26. The second-order valence-electron chi connectivity index (χ2n) is 5.06. The van der Waals surface area contributed by atoms with E-state index in [2.05, 4.69) is 6.92 Å². The first-order valence-electron chi connectivity index (χ1n) is 7.13. The van der Waals surface area contributed by atoms with E-state index in [0.29, 0.717) is 12.1 Å². The Morgan fingerprint density at radius 1 is 1.20 bits per heavy atom. The van der Waals surface area contributed by atoms with Gasteiger partial charge in [0, 0.05) is 18.7 Å². The number of carbonyl (C=O) groups excluding carboxylic acids is 1. The molecule has 1 rings (SSSR count). The maximum atomic E-state index is 12.4. The quantitative estimate of drug-likeness (QED) is 0.743. The molecule has 20 heavy (non-hydrogen) atoms. The normalized spacial score (nSPS) is 11.9. The van der Waals surface area contributed by atoms with Crippen LogP contribution in [-0.4, -0.2) is 35.0 Å². The van der Waals surface area contributed by atoms with E-state index in [9.17, 15) is 9.59 Å². The van der Waals surface area contributed by atoms with Gasteiger partial charge < -0.3 is 10.0 Å². The molecule has 1 unspecified atom stereocenters. The van der Waals surface area contributed by atoms with Crippen molar-refractivity contribution in [3.63, 3.8) is 0 Å².